The van der Waals surface area contributed by atoms with E-state index in [-0.39, 0.29) is 50.6 Å². The van der Waals surface area contributed by atoms with Crippen molar-refractivity contribution in [2.75, 3.05) is 5.75 Å². The summed E-state index contributed by atoms with van der Waals surface area (Å²) in [4.78, 5) is 21.1. The molecule has 0 bridgehead atoms. The van der Waals surface area contributed by atoms with Gasteiger partial charge in [-0.25, -0.2) is 19.0 Å². The van der Waals surface area contributed by atoms with Crippen molar-refractivity contribution in [2.45, 2.75) is 56.5 Å². The molecule has 204 valence electrons. The summed E-state index contributed by atoms with van der Waals surface area (Å²) in [7, 11) is -2.18. The van der Waals surface area contributed by atoms with Crippen LogP contribution in [0.15, 0.2) is 27.9 Å². The highest BCUT2D eigenvalue weighted by atomic mass is 32.2. The lowest BCUT2D eigenvalue weighted by Gasteiger charge is -2.15. The molecule has 0 spiro atoms. The van der Waals surface area contributed by atoms with E-state index in [0.717, 1.165) is 10.6 Å². The highest BCUT2D eigenvalue weighted by molar-refractivity contribution is 7.92. The second kappa shape index (κ2) is 8.32. The Bertz CT molecular complexity index is 1770. The topological polar surface area (TPSA) is 98.6 Å². The van der Waals surface area contributed by atoms with Gasteiger partial charge in [-0.05, 0) is 38.0 Å². The molecule has 38 heavy (non-hydrogen) atoms. The van der Waals surface area contributed by atoms with Crippen molar-refractivity contribution in [2.24, 2.45) is 7.05 Å². The highest BCUT2D eigenvalue weighted by Crippen LogP contribution is 2.41. The van der Waals surface area contributed by atoms with Gasteiger partial charge in [0.15, 0.2) is 0 Å². The van der Waals surface area contributed by atoms with E-state index in [9.17, 15) is 35.3 Å². The number of benzene rings is 1. The fraction of sp³-hybridized carbons (Fsp3) is 0.435. The van der Waals surface area contributed by atoms with Crippen LogP contribution in [-0.4, -0.2) is 33.6 Å². The first kappa shape index (κ1) is 26.3. The number of rotatable bonds is 5. The van der Waals surface area contributed by atoms with Crippen LogP contribution in [0.5, 0.6) is 0 Å². The monoisotopic (exact) mass is 560 g/mol. The van der Waals surface area contributed by atoms with E-state index in [0.29, 0.717) is 17.4 Å². The largest absolute Gasteiger partial charge is 0.449 e. The molecule has 1 N–H and O–H groups in total. The zero-order valence-corrected chi connectivity index (χ0v) is 21.2. The molecule has 1 atom stereocenters. The van der Waals surface area contributed by atoms with E-state index in [1.54, 1.807) is 0 Å². The van der Waals surface area contributed by atoms with E-state index in [2.05, 4.69) is 9.97 Å². The number of pyridine rings is 1. The lowest BCUT2D eigenvalue weighted by atomic mass is 10.2. The first-order chi connectivity index (χ1) is 17.6. The fourth-order valence-corrected chi connectivity index (χ4v) is 5.86. The van der Waals surface area contributed by atoms with Crippen molar-refractivity contribution in [1.29, 1.82) is 4.78 Å². The van der Waals surface area contributed by atoms with Gasteiger partial charge >= 0.3 is 12.4 Å². The molecule has 1 fully saturated rings. The molecule has 8 nitrogen and oxygen atoms in total. The van der Waals surface area contributed by atoms with E-state index < -0.39 is 45.2 Å². The number of hydrogen-bond donors (Lipinski definition) is 1. The molecule has 0 aliphatic heterocycles. The summed E-state index contributed by atoms with van der Waals surface area (Å²) >= 11 is 0. The molecule has 3 heterocycles. The minimum absolute atomic E-state index is 0.00112. The van der Waals surface area contributed by atoms with Gasteiger partial charge in [0.1, 0.15) is 17.0 Å². The minimum Gasteiger partial charge on any atom is -0.323 e. The molecule has 0 saturated heterocycles. The van der Waals surface area contributed by atoms with E-state index in [1.165, 1.54) is 37.6 Å². The van der Waals surface area contributed by atoms with Crippen LogP contribution < -0.4 is 5.56 Å². The lowest BCUT2D eigenvalue weighted by molar-refractivity contribution is -0.147. The van der Waals surface area contributed by atoms with Gasteiger partial charge in [0.2, 0.25) is 5.82 Å². The van der Waals surface area contributed by atoms with Crippen molar-refractivity contribution >= 4 is 31.8 Å². The van der Waals surface area contributed by atoms with Gasteiger partial charge in [0, 0.05) is 31.0 Å². The Balaban J connectivity index is 1.88. The molecule has 1 saturated carbocycles. The van der Waals surface area contributed by atoms with E-state index in [1.807, 2.05) is 0 Å². The number of nitrogens with zero attached hydrogens (tertiary/aromatic N) is 5. The third kappa shape index (κ3) is 3.98. The molecular formula is C23H22F6N6O2S. The zero-order chi connectivity index (χ0) is 27.9. The highest BCUT2D eigenvalue weighted by Gasteiger charge is 2.41. The fourth-order valence-electron chi connectivity index (χ4n) is 4.74. The number of fused-ring (bicyclic) bond motifs is 2. The summed E-state index contributed by atoms with van der Waals surface area (Å²) in [5.74, 6) is -1.48. The summed E-state index contributed by atoms with van der Waals surface area (Å²) in [5.41, 5.74) is -2.63. The Hall–Kier alpha value is -3.36. The van der Waals surface area contributed by atoms with Crippen molar-refractivity contribution in [3.8, 4) is 11.4 Å². The van der Waals surface area contributed by atoms with E-state index >= 15 is 0 Å². The number of aryl methyl sites for hydroxylation is 2. The molecule has 4 aromatic rings. The van der Waals surface area contributed by atoms with Crippen LogP contribution in [0.3, 0.4) is 0 Å². The van der Waals surface area contributed by atoms with E-state index in [4.69, 9.17) is 4.78 Å². The lowest BCUT2D eigenvalue weighted by Crippen LogP contribution is -2.28. The first-order valence-electron chi connectivity index (χ1n) is 11.7. The average molecular weight is 561 g/mol. The van der Waals surface area contributed by atoms with Crippen LogP contribution in [0.1, 0.15) is 44.2 Å². The molecule has 15 heteroatoms. The number of hydrogen-bond acceptors (Lipinski definition) is 5. The molecule has 0 radical (unpaired) electrons. The molecule has 1 unspecified atom stereocenters. The van der Waals surface area contributed by atoms with Gasteiger partial charge in [-0.15, -0.1) is 0 Å². The Morgan fingerprint density at radius 2 is 1.68 bits per heavy atom. The van der Waals surface area contributed by atoms with Crippen molar-refractivity contribution in [1.82, 2.24) is 23.7 Å². The predicted octanol–water partition coefficient (Wildman–Crippen LogP) is 5.57. The predicted molar refractivity (Wildman–Crippen MR) is 127 cm³/mol. The van der Waals surface area contributed by atoms with Gasteiger partial charge in [0.25, 0.3) is 5.56 Å². The summed E-state index contributed by atoms with van der Waals surface area (Å²) in [6.45, 7) is 2.85. The molecule has 5 rings (SSSR count). The number of imidazole rings is 2. The maximum absolute atomic E-state index is 13.8. The van der Waals surface area contributed by atoms with Gasteiger partial charge < -0.3 is 9.13 Å². The van der Waals surface area contributed by atoms with Crippen molar-refractivity contribution < 1.29 is 30.6 Å². The van der Waals surface area contributed by atoms with Gasteiger partial charge in [-0.1, -0.05) is 6.92 Å². The summed E-state index contributed by atoms with van der Waals surface area (Å²) in [6, 6.07) is 2.56. The van der Waals surface area contributed by atoms with Gasteiger partial charge in [0.05, 0.1) is 31.2 Å². The number of aromatic nitrogens is 5. The van der Waals surface area contributed by atoms with Crippen LogP contribution >= 0.6 is 0 Å². The number of alkyl halides is 6. The van der Waals surface area contributed by atoms with Gasteiger partial charge in [-0.3, -0.25) is 9.36 Å². The average Bonchev–Trinajstić information content (AvgIpc) is 3.50. The number of nitrogens with one attached hydrogen (secondary N) is 1. The minimum atomic E-state index is -4.82. The summed E-state index contributed by atoms with van der Waals surface area (Å²) in [6.07, 6.45) is -8.78. The quantitative estimate of drug-likeness (QED) is 0.323. The SMILES string of the molecule is CCn1c(C(F)(F)F)nc2cc(-c3nc4cc(C(F)(F)F)n(C5CC5)c(=O)c4n3C)c(S(=N)(=O)CC)cc21. The van der Waals surface area contributed by atoms with Crippen molar-refractivity contribution in [3.05, 3.63) is 40.1 Å². The summed E-state index contributed by atoms with van der Waals surface area (Å²) in [5, 5.41) is 0. The Kier molecular flexibility index (Phi) is 5.75. The van der Waals surface area contributed by atoms with Gasteiger partial charge in [-0.2, -0.15) is 26.3 Å². The van der Waals surface area contributed by atoms with Crippen LogP contribution in [0.4, 0.5) is 26.3 Å². The molecule has 1 aliphatic rings. The van der Waals surface area contributed by atoms with Crippen LogP contribution in [0.25, 0.3) is 33.5 Å². The molecular weight excluding hydrogens is 538 g/mol. The maximum atomic E-state index is 13.8. The molecule has 0 amide bonds. The number of halogens is 6. The van der Waals surface area contributed by atoms with Crippen LogP contribution in [-0.2, 0) is 35.7 Å². The van der Waals surface area contributed by atoms with Crippen LogP contribution in [0.2, 0.25) is 0 Å². The molecule has 3 aromatic heterocycles. The standard InChI is InChI=1S/C23H22F6N6O2S/c1-4-34-15-10-16(38(30,37)5-2)12(8-13(15)32-21(34)23(27,28)29)19-31-14-9-17(22(24,25)26)35(11-6-7-11)20(36)18(14)33(19)3/h8-11,30H,4-7H2,1-3H3. The maximum Gasteiger partial charge on any atom is 0.449 e. The van der Waals surface area contributed by atoms with Crippen LogP contribution in [0, 0.1) is 4.78 Å². The third-order valence-corrected chi connectivity index (χ3v) is 8.56. The molecule has 1 aliphatic carbocycles. The Morgan fingerprint density at radius 1 is 1.03 bits per heavy atom. The zero-order valence-electron chi connectivity index (χ0n) is 20.4. The Labute approximate surface area is 211 Å². The normalized spacial score (nSPS) is 16.4. The second-order valence-corrected chi connectivity index (χ2v) is 11.5. The third-order valence-electron chi connectivity index (χ3n) is 6.70. The van der Waals surface area contributed by atoms with Crippen molar-refractivity contribution in [3.63, 3.8) is 0 Å². The smallest absolute Gasteiger partial charge is 0.323 e. The summed E-state index contributed by atoms with van der Waals surface area (Å²) < 4.78 is 107. The second-order valence-electron chi connectivity index (χ2n) is 9.14. The molecule has 1 aromatic carbocycles. The first-order valence-corrected chi connectivity index (χ1v) is 13.4. The Morgan fingerprint density at radius 3 is 2.21 bits per heavy atom.